The number of rotatable bonds is 27. The van der Waals surface area contributed by atoms with Crippen molar-refractivity contribution in [3.8, 4) is 0 Å². The van der Waals surface area contributed by atoms with E-state index in [1.54, 1.807) is 0 Å². The van der Waals surface area contributed by atoms with Gasteiger partial charge in [-0.25, -0.2) is 0 Å². The minimum Gasteiger partial charge on any atom is -1.00 e. The fraction of sp³-hybridized carbons (Fsp3) is 1.00. The Morgan fingerprint density at radius 3 is 0.697 bits per heavy atom. The van der Waals surface area contributed by atoms with Crippen LogP contribution in [0.25, 0.3) is 0 Å². The van der Waals surface area contributed by atoms with Crippen LogP contribution in [0.4, 0.5) is 0 Å². The first-order chi connectivity index (χ1) is 15.6. The molecule has 0 aromatic heterocycles. The Labute approximate surface area is 222 Å². The summed E-state index contributed by atoms with van der Waals surface area (Å²) in [6, 6.07) is 0. The molecule has 0 amide bonds. The van der Waals surface area contributed by atoms with E-state index in [4.69, 9.17) is 0 Å². The predicted octanol–water partition coefficient (Wildman–Crippen LogP) is 7.86. The second-order valence-electron chi connectivity index (χ2n) is 11.5. The molecule has 0 aromatic carbocycles. The Kier molecular flexibility index (Phi) is 30.9. The summed E-state index contributed by atoms with van der Waals surface area (Å²) in [4.78, 5) is 0. The SMILES string of the molecule is CCCCCCCCCCCCCCCC[N+](C)(C)CCCCCCCCCCCCC.[Br-]. The van der Waals surface area contributed by atoms with Crippen LogP contribution in [0.2, 0.25) is 0 Å². The van der Waals surface area contributed by atoms with Crippen molar-refractivity contribution in [2.45, 2.75) is 174 Å². The lowest BCUT2D eigenvalue weighted by atomic mass is 10.0. The van der Waals surface area contributed by atoms with Crippen molar-refractivity contribution in [3.63, 3.8) is 0 Å². The normalized spacial score (nSPS) is 11.6. The highest BCUT2D eigenvalue weighted by molar-refractivity contribution is 4.51. The zero-order chi connectivity index (χ0) is 23.6. The van der Waals surface area contributed by atoms with E-state index in [1.165, 1.54) is 178 Å². The second-order valence-corrected chi connectivity index (χ2v) is 11.5. The molecule has 0 aliphatic carbocycles. The summed E-state index contributed by atoms with van der Waals surface area (Å²) < 4.78 is 1.25. The van der Waals surface area contributed by atoms with Crippen LogP contribution in [0.3, 0.4) is 0 Å². The molecule has 0 atom stereocenters. The maximum atomic E-state index is 2.46. The fourth-order valence-corrected chi connectivity index (χ4v) is 5.05. The Morgan fingerprint density at radius 1 is 0.303 bits per heavy atom. The summed E-state index contributed by atoms with van der Waals surface area (Å²) in [6.45, 7) is 7.38. The van der Waals surface area contributed by atoms with Gasteiger partial charge >= 0.3 is 0 Å². The van der Waals surface area contributed by atoms with Crippen molar-refractivity contribution in [2.75, 3.05) is 27.2 Å². The van der Waals surface area contributed by atoms with Gasteiger partial charge in [0.2, 0.25) is 0 Å². The third kappa shape index (κ3) is 30.4. The summed E-state index contributed by atoms with van der Waals surface area (Å²) in [5.41, 5.74) is 0. The van der Waals surface area contributed by atoms with Gasteiger partial charge in [-0.1, -0.05) is 149 Å². The molecule has 0 rings (SSSR count). The number of quaternary nitrogens is 1. The van der Waals surface area contributed by atoms with Crippen LogP contribution in [0, 0.1) is 0 Å². The highest BCUT2D eigenvalue weighted by atomic mass is 79.9. The van der Waals surface area contributed by atoms with Crippen molar-refractivity contribution in [3.05, 3.63) is 0 Å². The van der Waals surface area contributed by atoms with E-state index in [0.717, 1.165) is 0 Å². The van der Waals surface area contributed by atoms with Crippen LogP contribution in [-0.4, -0.2) is 31.7 Å². The van der Waals surface area contributed by atoms with Gasteiger partial charge < -0.3 is 21.5 Å². The Balaban J connectivity index is 0. The van der Waals surface area contributed by atoms with Gasteiger partial charge in [0.05, 0.1) is 27.2 Å². The molecule has 0 saturated carbocycles. The molecular weight excluding hydrogens is 466 g/mol. The molecule has 0 aliphatic rings. The quantitative estimate of drug-likeness (QED) is 0.0746. The first kappa shape index (κ1) is 35.6. The molecular formula is C31H66BrN. The molecule has 0 aromatic rings. The number of hydrogen-bond donors (Lipinski definition) is 0. The molecule has 0 spiro atoms. The molecule has 0 fully saturated rings. The van der Waals surface area contributed by atoms with Crippen molar-refractivity contribution >= 4 is 0 Å². The van der Waals surface area contributed by atoms with E-state index in [0.29, 0.717) is 0 Å². The molecule has 0 unspecified atom stereocenters. The number of hydrogen-bond acceptors (Lipinski definition) is 0. The Morgan fingerprint density at radius 2 is 0.485 bits per heavy atom. The van der Waals surface area contributed by atoms with Gasteiger partial charge in [0.25, 0.3) is 0 Å². The largest absolute Gasteiger partial charge is 1.00 e. The zero-order valence-electron chi connectivity index (χ0n) is 23.9. The number of unbranched alkanes of at least 4 members (excludes halogenated alkanes) is 23. The first-order valence-corrected chi connectivity index (χ1v) is 15.4. The maximum absolute atomic E-state index is 2.46. The molecule has 2 heteroatoms. The highest BCUT2D eigenvalue weighted by Crippen LogP contribution is 2.15. The smallest absolute Gasteiger partial charge is 0.0782 e. The predicted molar refractivity (Wildman–Crippen MR) is 149 cm³/mol. The van der Waals surface area contributed by atoms with E-state index in [1.807, 2.05) is 0 Å². The monoisotopic (exact) mass is 531 g/mol. The summed E-state index contributed by atoms with van der Waals surface area (Å²) in [7, 11) is 4.91. The minimum atomic E-state index is 0. The maximum Gasteiger partial charge on any atom is 0.0782 e. The lowest BCUT2D eigenvalue weighted by Crippen LogP contribution is -3.00. The zero-order valence-corrected chi connectivity index (χ0v) is 25.5. The highest BCUT2D eigenvalue weighted by Gasteiger charge is 2.13. The van der Waals surface area contributed by atoms with Gasteiger partial charge in [-0.3, -0.25) is 0 Å². The van der Waals surface area contributed by atoms with Gasteiger partial charge in [0.15, 0.2) is 0 Å². The second kappa shape index (κ2) is 28.7. The Bertz CT molecular complexity index is 342. The average molecular weight is 533 g/mol. The summed E-state index contributed by atoms with van der Waals surface area (Å²) in [6.07, 6.45) is 36.5. The molecule has 0 bridgehead atoms. The molecule has 33 heavy (non-hydrogen) atoms. The van der Waals surface area contributed by atoms with Gasteiger partial charge in [0, 0.05) is 0 Å². The molecule has 1 nitrogen and oxygen atoms in total. The van der Waals surface area contributed by atoms with E-state index >= 15 is 0 Å². The van der Waals surface area contributed by atoms with Crippen molar-refractivity contribution in [1.82, 2.24) is 0 Å². The van der Waals surface area contributed by atoms with Gasteiger partial charge in [-0.2, -0.15) is 0 Å². The van der Waals surface area contributed by atoms with Gasteiger partial charge in [0.1, 0.15) is 0 Å². The fourth-order valence-electron chi connectivity index (χ4n) is 5.05. The van der Waals surface area contributed by atoms with Crippen LogP contribution in [-0.2, 0) is 0 Å². The van der Waals surface area contributed by atoms with Crippen LogP contribution >= 0.6 is 0 Å². The molecule has 0 N–H and O–H groups in total. The molecule has 0 heterocycles. The van der Waals surface area contributed by atoms with Crippen molar-refractivity contribution < 1.29 is 21.5 Å². The summed E-state index contributed by atoms with van der Waals surface area (Å²) >= 11 is 0. The molecule has 0 aliphatic heterocycles. The first-order valence-electron chi connectivity index (χ1n) is 15.4. The van der Waals surface area contributed by atoms with Crippen molar-refractivity contribution in [2.24, 2.45) is 0 Å². The standard InChI is InChI=1S/C31H66N.BrH/c1-5-7-9-11-13-15-17-18-19-21-23-25-27-29-31-32(3,4)30-28-26-24-22-20-16-14-12-10-8-6-2;/h5-31H2,1-4H3;1H/q+1;/p-1. The van der Waals surface area contributed by atoms with E-state index < -0.39 is 0 Å². The lowest BCUT2D eigenvalue weighted by Gasteiger charge is -2.30. The molecule has 0 saturated heterocycles. The van der Waals surface area contributed by atoms with E-state index in [9.17, 15) is 0 Å². The molecule has 0 radical (unpaired) electrons. The Hall–Kier alpha value is 0.440. The van der Waals surface area contributed by atoms with Crippen LogP contribution in [0.5, 0.6) is 0 Å². The van der Waals surface area contributed by atoms with Gasteiger partial charge in [-0.05, 0) is 25.7 Å². The van der Waals surface area contributed by atoms with E-state index in [-0.39, 0.29) is 17.0 Å². The third-order valence-corrected chi connectivity index (χ3v) is 7.48. The van der Waals surface area contributed by atoms with Crippen LogP contribution in [0.15, 0.2) is 0 Å². The molecule has 202 valence electrons. The minimum absolute atomic E-state index is 0. The topological polar surface area (TPSA) is 0 Å². The number of nitrogens with zero attached hydrogens (tertiary/aromatic N) is 1. The summed E-state index contributed by atoms with van der Waals surface area (Å²) in [5.74, 6) is 0. The third-order valence-electron chi connectivity index (χ3n) is 7.48. The van der Waals surface area contributed by atoms with Gasteiger partial charge in [-0.15, -0.1) is 0 Å². The summed E-state index contributed by atoms with van der Waals surface area (Å²) in [5, 5.41) is 0. The lowest BCUT2D eigenvalue weighted by molar-refractivity contribution is -0.890. The number of halogens is 1. The van der Waals surface area contributed by atoms with E-state index in [2.05, 4.69) is 27.9 Å². The van der Waals surface area contributed by atoms with Crippen molar-refractivity contribution in [1.29, 1.82) is 0 Å². The van der Waals surface area contributed by atoms with Crippen LogP contribution < -0.4 is 17.0 Å². The van der Waals surface area contributed by atoms with Crippen LogP contribution in [0.1, 0.15) is 174 Å². The average Bonchev–Trinajstić information content (AvgIpc) is 2.77.